The number of carbonyl (C=O) groups is 1. The summed E-state index contributed by atoms with van der Waals surface area (Å²) in [6.45, 7) is 0. The Morgan fingerprint density at radius 2 is 2.05 bits per heavy atom. The number of aryl methyl sites for hydroxylation is 1. The summed E-state index contributed by atoms with van der Waals surface area (Å²) in [6, 6.07) is 11.3. The van der Waals surface area contributed by atoms with Crippen molar-refractivity contribution in [2.24, 2.45) is 0 Å². The Hall–Kier alpha value is -2.14. The van der Waals surface area contributed by atoms with E-state index in [-0.39, 0.29) is 17.0 Å². The van der Waals surface area contributed by atoms with Gasteiger partial charge in [0.05, 0.1) is 7.11 Å². The number of ether oxygens (including phenoxy) is 1. The Morgan fingerprint density at radius 1 is 1.30 bits per heavy atom. The second-order valence-electron chi connectivity index (χ2n) is 4.09. The molecule has 0 unspecified atom stereocenters. The Kier molecular flexibility index (Phi) is 4.90. The van der Waals surface area contributed by atoms with Crippen LogP contribution in [0.3, 0.4) is 0 Å². The number of halogens is 1. The van der Waals surface area contributed by atoms with Crippen molar-refractivity contribution in [1.82, 2.24) is 9.97 Å². The number of hydrogen-bond acceptors (Lipinski definition) is 4. The van der Waals surface area contributed by atoms with Gasteiger partial charge in [-0.25, -0.2) is 4.98 Å². The molecule has 0 aliphatic carbocycles. The van der Waals surface area contributed by atoms with Crippen molar-refractivity contribution in [3.63, 3.8) is 0 Å². The molecule has 104 valence electrons. The molecule has 0 saturated carbocycles. The molecular formula is C14H14ClN3O2. The van der Waals surface area contributed by atoms with Gasteiger partial charge in [-0.05, 0) is 12.0 Å². The van der Waals surface area contributed by atoms with Crippen LogP contribution >= 0.6 is 11.6 Å². The number of carbonyl (C=O) groups excluding carboxylic acids is 1. The van der Waals surface area contributed by atoms with Crippen molar-refractivity contribution < 1.29 is 9.53 Å². The number of nitrogens with one attached hydrogen (secondary N) is 1. The van der Waals surface area contributed by atoms with Crippen molar-refractivity contribution in [2.45, 2.75) is 12.8 Å². The Bertz CT molecular complexity index is 590. The van der Waals surface area contributed by atoms with E-state index in [9.17, 15) is 4.79 Å². The van der Waals surface area contributed by atoms with Gasteiger partial charge < -0.3 is 4.74 Å². The highest BCUT2D eigenvalue weighted by atomic mass is 35.5. The van der Waals surface area contributed by atoms with Crippen molar-refractivity contribution in [3.8, 4) is 5.88 Å². The summed E-state index contributed by atoms with van der Waals surface area (Å²) in [5.41, 5.74) is 1.10. The monoisotopic (exact) mass is 291 g/mol. The smallest absolute Gasteiger partial charge is 0.234 e. The molecule has 1 aromatic heterocycles. The highest BCUT2D eigenvalue weighted by Crippen LogP contribution is 2.16. The van der Waals surface area contributed by atoms with Crippen LogP contribution in [0, 0.1) is 0 Å². The molecule has 20 heavy (non-hydrogen) atoms. The lowest BCUT2D eigenvalue weighted by atomic mass is 10.1. The molecule has 0 saturated heterocycles. The van der Waals surface area contributed by atoms with Crippen LogP contribution in [0.25, 0.3) is 0 Å². The minimum absolute atomic E-state index is 0.146. The standard InChI is InChI=1S/C14H14ClN3O2/c1-20-13-9-11(15)16-14(18-13)17-12(19)8-7-10-5-3-2-4-6-10/h2-6,9H,7-8H2,1H3,(H,16,17,18,19). The van der Waals surface area contributed by atoms with Gasteiger partial charge in [0, 0.05) is 12.5 Å². The molecule has 1 N–H and O–H groups in total. The number of amides is 1. The number of benzene rings is 1. The average Bonchev–Trinajstić information content (AvgIpc) is 2.45. The molecule has 2 aromatic rings. The number of nitrogens with zero attached hydrogens (tertiary/aromatic N) is 2. The van der Waals surface area contributed by atoms with E-state index in [0.29, 0.717) is 18.7 Å². The van der Waals surface area contributed by atoms with Crippen LogP contribution in [0.2, 0.25) is 5.15 Å². The van der Waals surface area contributed by atoms with Crippen LogP contribution in [0.15, 0.2) is 36.4 Å². The van der Waals surface area contributed by atoms with E-state index in [1.165, 1.54) is 13.2 Å². The van der Waals surface area contributed by atoms with Gasteiger partial charge in [0.25, 0.3) is 0 Å². The van der Waals surface area contributed by atoms with E-state index in [1.54, 1.807) is 0 Å². The molecule has 0 spiro atoms. The maximum atomic E-state index is 11.8. The lowest BCUT2D eigenvalue weighted by Crippen LogP contribution is -2.14. The third kappa shape index (κ3) is 4.20. The summed E-state index contributed by atoms with van der Waals surface area (Å²) in [6.07, 6.45) is 1.01. The molecular weight excluding hydrogens is 278 g/mol. The van der Waals surface area contributed by atoms with Gasteiger partial charge in [0.2, 0.25) is 17.7 Å². The van der Waals surface area contributed by atoms with Crippen LogP contribution in [-0.4, -0.2) is 23.0 Å². The number of aromatic nitrogens is 2. The Morgan fingerprint density at radius 3 is 2.75 bits per heavy atom. The van der Waals surface area contributed by atoms with Crippen LogP contribution in [-0.2, 0) is 11.2 Å². The zero-order chi connectivity index (χ0) is 14.4. The van der Waals surface area contributed by atoms with Gasteiger partial charge in [-0.15, -0.1) is 0 Å². The molecule has 2 rings (SSSR count). The highest BCUT2D eigenvalue weighted by Gasteiger charge is 2.08. The maximum absolute atomic E-state index is 11.8. The second kappa shape index (κ2) is 6.86. The molecule has 6 heteroatoms. The van der Waals surface area contributed by atoms with Gasteiger partial charge >= 0.3 is 0 Å². The first-order valence-corrected chi connectivity index (χ1v) is 6.47. The largest absolute Gasteiger partial charge is 0.481 e. The topological polar surface area (TPSA) is 64.1 Å². The summed E-state index contributed by atoms with van der Waals surface area (Å²) in [5, 5.41) is 2.82. The van der Waals surface area contributed by atoms with Crippen molar-refractivity contribution in [3.05, 3.63) is 47.1 Å². The third-order valence-electron chi connectivity index (χ3n) is 2.62. The SMILES string of the molecule is COc1cc(Cl)nc(NC(=O)CCc2ccccc2)n1. The van der Waals surface area contributed by atoms with Gasteiger partial charge in [0.1, 0.15) is 5.15 Å². The van der Waals surface area contributed by atoms with E-state index in [2.05, 4.69) is 15.3 Å². The minimum atomic E-state index is -0.168. The zero-order valence-corrected chi connectivity index (χ0v) is 11.7. The summed E-state index contributed by atoms with van der Waals surface area (Å²) in [4.78, 5) is 19.7. The molecule has 5 nitrogen and oxygen atoms in total. The van der Waals surface area contributed by atoms with E-state index >= 15 is 0 Å². The molecule has 1 amide bonds. The fourth-order valence-electron chi connectivity index (χ4n) is 1.65. The predicted octanol–water partition coefficient (Wildman–Crippen LogP) is 2.71. The van der Waals surface area contributed by atoms with Crippen molar-refractivity contribution in [2.75, 3.05) is 12.4 Å². The molecule has 0 aliphatic rings. The molecule has 0 radical (unpaired) electrons. The summed E-state index contributed by atoms with van der Waals surface area (Å²) < 4.78 is 4.96. The molecule has 0 aliphatic heterocycles. The molecule has 1 heterocycles. The van der Waals surface area contributed by atoms with Crippen LogP contribution in [0.1, 0.15) is 12.0 Å². The second-order valence-corrected chi connectivity index (χ2v) is 4.48. The van der Waals surface area contributed by atoms with Crippen LogP contribution < -0.4 is 10.1 Å². The molecule has 0 atom stereocenters. The molecule has 0 fully saturated rings. The fourth-order valence-corrected chi connectivity index (χ4v) is 1.82. The predicted molar refractivity (Wildman–Crippen MR) is 77.0 cm³/mol. The summed E-state index contributed by atoms with van der Waals surface area (Å²) >= 11 is 5.80. The van der Waals surface area contributed by atoms with E-state index in [4.69, 9.17) is 16.3 Å². The quantitative estimate of drug-likeness (QED) is 0.860. The minimum Gasteiger partial charge on any atom is -0.481 e. The first-order chi connectivity index (χ1) is 9.67. The first-order valence-electron chi connectivity index (χ1n) is 6.10. The van der Waals surface area contributed by atoms with E-state index in [0.717, 1.165) is 5.56 Å². The van der Waals surface area contributed by atoms with E-state index in [1.807, 2.05) is 30.3 Å². The molecule has 1 aromatic carbocycles. The number of anilines is 1. The van der Waals surface area contributed by atoms with Gasteiger partial charge in [0.15, 0.2) is 0 Å². The Labute approximate surface area is 122 Å². The van der Waals surface area contributed by atoms with Crippen LogP contribution in [0.5, 0.6) is 5.88 Å². The van der Waals surface area contributed by atoms with Crippen molar-refractivity contribution >= 4 is 23.5 Å². The number of hydrogen-bond donors (Lipinski definition) is 1. The van der Waals surface area contributed by atoms with Crippen molar-refractivity contribution in [1.29, 1.82) is 0 Å². The lowest BCUT2D eigenvalue weighted by Gasteiger charge is -2.06. The fraction of sp³-hybridized carbons (Fsp3) is 0.214. The number of methoxy groups -OCH3 is 1. The highest BCUT2D eigenvalue weighted by molar-refractivity contribution is 6.29. The van der Waals surface area contributed by atoms with Gasteiger partial charge in [-0.3, -0.25) is 10.1 Å². The van der Waals surface area contributed by atoms with E-state index < -0.39 is 0 Å². The average molecular weight is 292 g/mol. The number of rotatable bonds is 5. The van der Waals surface area contributed by atoms with Gasteiger partial charge in [-0.2, -0.15) is 4.98 Å². The third-order valence-corrected chi connectivity index (χ3v) is 2.81. The summed E-state index contributed by atoms with van der Waals surface area (Å²) in [5.74, 6) is 0.286. The zero-order valence-electron chi connectivity index (χ0n) is 11.0. The Balaban J connectivity index is 1.93. The van der Waals surface area contributed by atoms with Crippen LogP contribution in [0.4, 0.5) is 5.95 Å². The molecule has 0 bridgehead atoms. The lowest BCUT2D eigenvalue weighted by molar-refractivity contribution is -0.116. The normalized spacial score (nSPS) is 10.1. The maximum Gasteiger partial charge on any atom is 0.234 e. The first kappa shape index (κ1) is 14.3. The van der Waals surface area contributed by atoms with Gasteiger partial charge in [-0.1, -0.05) is 41.9 Å². The summed E-state index contributed by atoms with van der Waals surface area (Å²) in [7, 11) is 1.47.